The molecule has 11 heteroatoms. The molecule has 148 valence electrons. The van der Waals surface area contributed by atoms with Crippen LogP contribution in [0.15, 0.2) is 5.11 Å². The number of ether oxygens (including phenoxy) is 2. The lowest BCUT2D eigenvalue weighted by Crippen LogP contribution is -2.69. The first-order chi connectivity index (χ1) is 12.0. The largest absolute Gasteiger partial charge is 0.389 e. The number of azide groups is 1. The van der Waals surface area contributed by atoms with E-state index in [4.69, 9.17) is 15.0 Å². The summed E-state index contributed by atoms with van der Waals surface area (Å²) in [4.78, 5) is 25.8. The second-order valence-electron chi connectivity index (χ2n) is 7.54. The van der Waals surface area contributed by atoms with Crippen molar-refractivity contribution in [1.29, 1.82) is 0 Å². The summed E-state index contributed by atoms with van der Waals surface area (Å²) < 4.78 is 11.9. The highest BCUT2D eigenvalue weighted by Gasteiger charge is 2.47. The van der Waals surface area contributed by atoms with Crippen LogP contribution < -0.4 is 10.6 Å². The summed E-state index contributed by atoms with van der Waals surface area (Å²) >= 11 is 0. The highest BCUT2D eigenvalue weighted by Crippen LogP contribution is 2.25. The molecule has 2 unspecified atom stereocenters. The Morgan fingerprint density at radius 2 is 1.81 bits per heavy atom. The molecule has 0 radical (unpaired) electrons. The summed E-state index contributed by atoms with van der Waals surface area (Å²) in [5, 5.41) is 19.5. The molecule has 3 N–H and O–H groups in total. The Bertz CT molecular complexity index is 563. The van der Waals surface area contributed by atoms with Crippen LogP contribution in [0.5, 0.6) is 0 Å². The molecule has 0 aliphatic carbocycles. The molecule has 26 heavy (non-hydrogen) atoms. The third kappa shape index (κ3) is 6.26. The van der Waals surface area contributed by atoms with E-state index in [-0.39, 0.29) is 24.1 Å². The number of aliphatic hydroxyl groups excluding tert-OH is 1. The first kappa shape index (κ1) is 22.4. The predicted octanol–water partition coefficient (Wildman–Crippen LogP) is 0.674. The number of nitrogens with zero attached hydrogens (tertiary/aromatic N) is 3. The van der Waals surface area contributed by atoms with E-state index in [1.807, 2.05) is 6.92 Å². The summed E-state index contributed by atoms with van der Waals surface area (Å²) in [6.07, 6.45) is -2.89. The standard InChI is InChI=1S/C15H29N5O5Si/c1-8(21)18-12-11(7-17-20-16)25-15(24-10(3)26(4,5)6)13(14(12)23)19-9(2)22/h10-15,23H,7H2,1-6H3,(H,18,21)(H,19,22)/t10?,11-,12-,13+,14+,15?/m1/s1. The number of carbonyl (C=O) groups is 2. The van der Waals surface area contributed by atoms with Crippen LogP contribution >= 0.6 is 0 Å². The summed E-state index contributed by atoms with van der Waals surface area (Å²) in [5.41, 5.74) is 8.47. The maximum atomic E-state index is 11.6. The Labute approximate surface area is 154 Å². The lowest BCUT2D eigenvalue weighted by atomic mass is 9.93. The van der Waals surface area contributed by atoms with Crippen molar-refractivity contribution in [3.05, 3.63) is 10.4 Å². The van der Waals surface area contributed by atoms with Crippen LogP contribution in [-0.2, 0) is 19.1 Å². The summed E-state index contributed by atoms with van der Waals surface area (Å²) in [6.45, 7) is 10.8. The van der Waals surface area contributed by atoms with E-state index >= 15 is 0 Å². The molecule has 0 bridgehead atoms. The van der Waals surface area contributed by atoms with Gasteiger partial charge in [-0.05, 0) is 12.5 Å². The number of carbonyl (C=O) groups excluding carboxylic acids is 2. The molecule has 1 aliphatic heterocycles. The van der Waals surface area contributed by atoms with Gasteiger partial charge in [0.05, 0.1) is 26.8 Å². The lowest BCUT2D eigenvalue weighted by molar-refractivity contribution is -0.243. The second kappa shape index (κ2) is 9.33. The van der Waals surface area contributed by atoms with E-state index in [1.54, 1.807) is 0 Å². The summed E-state index contributed by atoms with van der Waals surface area (Å²) in [6, 6.07) is -1.72. The van der Waals surface area contributed by atoms with Crippen LogP contribution in [0, 0.1) is 0 Å². The van der Waals surface area contributed by atoms with Crippen molar-refractivity contribution < 1.29 is 24.2 Å². The third-order valence-electron chi connectivity index (χ3n) is 4.36. The monoisotopic (exact) mass is 387 g/mol. The Balaban J connectivity index is 3.13. The molecule has 0 aromatic heterocycles. The van der Waals surface area contributed by atoms with Gasteiger partial charge in [0.25, 0.3) is 0 Å². The zero-order chi connectivity index (χ0) is 20.1. The van der Waals surface area contributed by atoms with E-state index in [2.05, 4.69) is 40.3 Å². The predicted molar refractivity (Wildman–Crippen MR) is 97.8 cm³/mol. The molecule has 0 aromatic rings. The molecule has 1 fully saturated rings. The van der Waals surface area contributed by atoms with Crippen molar-refractivity contribution >= 4 is 19.9 Å². The Hall–Kier alpha value is -1.65. The van der Waals surface area contributed by atoms with Crippen molar-refractivity contribution in [1.82, 2.24) is 10.6 Å². The average molecular weight is 388 g/mol. The molecule has 1 rings (SSSR count). The summed E-state index contributed by atoms with van der Waals surface area (Å²) in [5.74, 6) is -0.734. The van der Waals surface area contributed by atoms with Gasteiger partial charge < -0.3 is 25.2 Å². The van der Waals surface area contributed by atoms with Crippen molar-refractivity contribution in [2.45, 2.75) is 76.7 Å². The van der Waals surface area contributed by atoms with Gasteiger partial charge in [-0.3, -0.25) is 9.59 Å². The smallest absolute Gasteiger partial charge is 0.217 e. The third-order valence-corrected chi connectivity index (χ3v) is 6.94. The Morgan fingerprint density at radius 3 is 2.27 bits per heavy atom. The van der Waals surface area contributed by atoms with Gasteiger partial charge >= 0.3 is 0 Å². The fraction of sp³-hybridized carbons (Fsp3) is 0.867. The molecule has 1 aliphatic rings. The number of rotatable bonds is 7. The molecule has 1 heterocycles. The van der Waals surface area contributed by atoms with Gasteiger partial charge in [0.2, 0.25) is 11.8 Å². The highest BCUT2D eigenvalue weighted by atomic mass is 28.3. The number of nitrogens with one attached hydrogen (secondary N) is 2. The minimum Gasteiger partial charge on any atom is -0.389 e. The van der Waals surface area contributed by atoms with Gasteiger partial charge in [0, 0.05) is 24.5 Å². The van der Waals surface area contributed by atoms with E-state index in [0.29, 0.717) is 0 Å². The van der Waals surface area contributed by atoms with Crippen molar-refractivity contribution in [3.8, 4) is 0 Å². The minimum absolute atomic E-state index is 0.0908. The van der Waals surface area contributed by atoms with E-state index in [9.17, 15) is 14.7 Å². The first-order valence-electron chi connectivity index (χ1n) is 8.51. The lowest BCUT2D eigenvalue weighted by Gasteiger charge is -2.46. The Kier molecular flexibility index (Phi) is 8.04. The van der Waals surface area contributed by atoms with E-state index in [1.165, 1.54) is 13.8 Å². The van der Waals surface area contributed by atoms with Crippen molar-refractivity contribution in [3.63, 3.8) is 0 Å². The molecule has 0 aromatic carbocycles. The van der Waals surface area contributed by atoms with Crippen molar-refractivity contribution in [2.24, 2.45) is 5.11 Å². The zero-order valence-corrected chi connectivity index (χ0v) is 17.1. The number of aliphatic hydroxyl groups is 1. The maximum absolute atomic E-state index is 11.6. The molecule has 6 atom stereocenters. The molecule has 10 nitrogen and oxygen atoms in total. The van der Waals surface area contributed by atoms with Gasteiger partial charge in [-0.2, -0.15) is 0 Å². The molecule has 2 amide bonds. The van der Waals surface area contributed by atoms with Crippen molar-refractivity contribution in [2.75, 3.05) is 6.54 Å². The normalized spacial score (nSPS) is 30.0. The maximum Gasteiger partial charge on any atom is 0.217 e. The topological polar surface area (TPSA) is 146 Å². The number of hydrogen-bond acceptors (Lipinski definition) is 6. The first-order valence-corrected chi connectivity index (χ1v) is 12.1. The van der Waals surface area contributed by atoms with Gasteiger partial charge in [-0.25, -0.2) is 0 Å². The van der Waals surface area contributed by atoms with Crippen LogP contribution in [0.1, 0.15) is 20.8 Å². The second-order valence-corrected chi connectivity index (χ2v) is 13.1. The molecular weight excluding hydrogens is 358 g/mol. The summed E-state index contributed by atoms with van der Waals surface area (Å²) in [7, 11) is -1.67. The van der Waals surface area contributed by atoms with Gasteiger partial charge in [0.15, 0.2) is 6.29 Å². The quantitative estimate of drug-likeness (QED) is 0.254. The van der Waals surface area contributed by atoms with Crippen LogP contribution in [0.3, 0.4) is 0 Å². The molecule has 1 saturated heterocycles. The fourth-order valence-corrected chi connectivity index (χ4v) is 3.09. The van der Waals surface area contributed by atoms with Gasteiger partial charge in [0.1, 0.15) is 12.1 Å². The van der Waals surface area contributed by atoms with Crippen LogP contribution in [0.25, 0.3) is 10.4 Å². The molecular formula is C15H29N5O5Si. The fourth-order valence-electron chi connectivity index (χ4n) is 2.54. The van der Waals surface area contributed by atoms with E-state index in [0.717, 1.165) is 0 Å². The van der Waals surface area contributed by atoms with E-state index < -0.39 is 38.7 Å². The number of hydrogen-bond donors (Lipinski definition) is 3. The SMILES string of the molecule is CC(=O)N[C@H]1[C@H](O)[C@H](NC(C)=O)C(OC(C)[Si](C)(C)C)O[C@@H]1CN=[N+]=[N-]. The average Bonchev–Trinajstić information content (AvgIpc) is 2.50. The number of amides is 2. The van der Waals surface area contributed by atoms with Crippen LogP contribution in [0.2, 0.25) is 19.6 Å². The Morgan fingerprint density at radius 1 is 1.27 bits per heavy atom. The van der Waals surface area contributed by atoms with Crippen LogP contribution in [-0.4, -0.2) is 67.8 Å². The molecule has 0 spiro atoms. The molecule has 0 saturated carbocycles. The van der Waals surface area contributed by atoms with Gasteiger partial charge in [-0.1, -0.05) is 24.8 Å². The minimum atomic E-state index is -1.67. The zero-order valence-electron chi connectivity index (χ0n) is 16.1. The highest BCUT2D eigenvalue weighted by molar-refractivity contribution is 6.77. The van der Waals surface area contributed by atoms with Crippen LogP contribution in [0.4, 0.5) is 0 Å². The van der Waals surface area contributed by atoms with Gasteiger partial charge in [-0.15, -0.1) is 0 Å².